The molecule has 7 aromatic carbocycles. The van der Waals surface area contributed by atoms with Crippen LogP contribution in [0.25, 0.3) is 100 Å². The number of hydrogen-bond acceptors (Lipinski definition) is 7. The summed E-state index contributed by atoms with van der Waals surface area (Å²) in [5.41, 5.74) is 3.33. The molecular formula is C55H35F6N9. The average molecular weight is 936 g/mol. The van der Waals surface area contributed by atoms with Crippen LogP contribution < -0.4 is 0 Å². The third kappa shape index (κ3) is 7.45. The molecule has 9 nitrogen and oxygen atoms in total. The predicted molar refractivity (Wildman–Crippen MR) is 257 cm³/mol. The Morgan fingerprint density at radius 1 is 0.414 bits per heavy atom. The van der Waals surface area contributed by atoms with Gasteiger partial charge in [-0.2, -0.15) is 31.6 Å². The summed E-state index contributed by atoms with van der Waals surface area (Å²) in [5, 5.41) is 14.4. The molecule has 0 unspecified atom stereocenters. The van der Waals surface area contributed by atoms with E-state index in [9.17, 15) is 31.6 Å². The molecule has 4 heterocycles. The predicted octanol–water partition coefficient (Wildman–Crippen LogP) is 14.1. The normalized spacial score (nSPS) is 12.1. The molecule has 0 atom stereocenters. The van der Waals surface area contributed by atoms with Gasteiger partial charge in [0.15, 0.2) is 11.6 Å². The molecule has 4 aromatic heterocycles. The fraction of sp³-hybridized carbons (Fsp3) is 0.109. The lowest BCUT2D eigenvalue weighted by Gasteiger charge is -2.21. The smallest absolute Gasteiger partial charge is 0.309 e. The van der Waals surface area contributed by atoms with E-state index in [0.717, 1.165) is 66.9 Å². The number of rotatable bonds is 6. The Kier molecular flexibility index (Phi) is 10.1. The second kappa shape index (κ2) is 16.2. The fourth-order valence-electron chi connectivity index (χ4n) is 9.57. The van der Waals surface area contributed by atoms with Crippen LogP contribution >= 0.6 is 0 Å². The highest BCUT2D eigenvalue weighted by atomic mass is 19.4. The SMILES string of the molecule is Cc1nc(C)nc(-c2ccc3c(c2)c2ccccc2n3-c2ccc(-c3cc(C(F)(F)F)cc(C(F)(F)F)c3)cc2-c2c(C#N)cccc2-n2c3ccccc3c3cc(-c4nc(C)nc(C)n4)ccc32)n1. The third-order valence-corrected chi connectivity index (χ3v) is 12.4. The standard InChI is InChI=1S/C55H35F6N9/c1-29-63-30(2)66-52(65-29)34-17-20-47-42(25-34)40-11-5-7-13-45(40)69(47)49-19-16-33(37-22-38(54(56,57)58)27-39(23-37)55(59,60)61)24-44(49)51-36(28-62)10-9-15-50(51)70-46-14-8-6-12-41(46)43-26-35(18-21-48(43)70)53-67-31(3)64-32(4)68-53/h5-27H,1-4H3. The van der Waals surface area contributed by atoms with E-state index in [0.29, 0.717) is 57.4 Å². The molecule has 0 saturated carbocycles. The number of benzene rings is 7. The molecule has 70 heavy (non-hydrogen) atoms. The fourth-order valence-corrected chi connectivity index (χ4v) is 9.57. The second-order valence-corrected chi connectivity index (χ2v) is 17.0. The lowest BCUT2D eigenvalue weighted by Crippen LogP contribution is -2.11. The first-order chi connectivity index (χ1) is 33.5. The Bertz CT molecular complexity index is 3940. The van der Waals surface area contributed by atoms with Gasteiger partial charge in [0.1, 0.15) is 23.3 Å². The van der Waals surface area contributed by atoms with E-state index in [1.54, 1.807) is 52.0 Å². The van der Waals surface area contributed by atoms with Gasteiger partial charge >= 0.3 is 12.4 Å². The minimum Gasteiger partial charge on any atom is -0.309 e. The van der Waals surface area contributed by atoms with Crippen LogP contribution in [0, 0.1) is 39.0 Å². The maximum absolute atomic E-state index is 14.4. The van der Waals surface area contributed by atoms with Crippen molar-refractivity contribution in [1.82, 2.24) is 39.0 Å². The molecule has 0 aliphatic carbocycles. The summed E-state index contributed by atoms with van der Waals surface area (Å²) in [4.78, 5) is 27.1. The molecule has 0 spiro atoms. The number of fused-ring (bicyclic) bond motifs is 6. The van der Waals surface area contributed by atoms with E-state index in [-0.39, 0.29) is 22.8 Å². The number of aromatic nitrogens is 8. The van der Waals surface area contributed by atoms with Crippen LogP contribution in [0.1, 0.15) is 40.0 Å². The van der Waals surface area contributed by atoms with E-state index < -0.39 is 23.5 Å². The van der Waals surface area contributed by atoms with E-state index >= 15 is 0 Å². The van der Waals surface area contributed by atoms with Crippen LogP contribution in [-0.2, 0) is 12.4 Å². The van der Waals surface area contributed by atoms with Crippen LogP contribution in [0.3, 0.4) is 0 Å². The summed E-state index contributed by atoms with van der Waals surface area (Å²) in [6.07, 6.45) is -10.2. The molecule has 15 heteroatoms. The number of nitrogens with zero attached hydrogens (tertiary/aromatic N) is 9. The molecule has 0 fully saturated rings. The highest BCUT2D eigenvalue weighted by Gasteiger charge is 2.37. The van der Waals surface area contributed by atoms with Crippen molar-refractivity contribution >= 4 is 43.6 Å². The number of nitriles is 1. The van der Waals surface area contributed by atoms with Gasteiger partial charge in [0.2, 0.25) is 0 Å². The summed E-state index contributed by atoms with van der Waals surface area (Å²) in [5.74, 6) is 3.23. The molecule has 0 saturated heterocycles. The van der Waals surface area contributed by atoms with Crippen molar-refractivity contribution in [1.29, 1.82) is 5.26 Å². The topological polar surface area (TPSA) is 111 Å². The summed E-state index contributed by atoms with van der Waals surface area (Å²) < 4.78 is 90.5. The number of halogens is 6. The summed E-state index contributed by atoms with van der Waals surface area (Å²) in [6, 6.07) is 41.1. The number of hydrogen-bond donors (Lipinski definition) is 0. The molecule has 11 aromatic rings. The maximum atomic E-state index is 14.4. The Morgan fingerprint density at radius 2 is 0.871 bits per heavy atom. The molecule has 0 amide bonds. The van der Waals surface area contributed by atoms with E-state index in [1.807, 2.05) is 100 Å². The van der Waals surface area contributed by atoms with Crippen molar-refractivity contribution in [3.8, 4) is 62.5 Å². The second-order valence-electron chi connectivity index (χ2n) is 17.0. The first kappa shape index (κ1) is 43.8. The molecule has 0 radical (unpaired) electrons. The third-order valence-electron chi connectivity index (χ3n) is 12.4. The Labute approximate surface area is 395 Å². The quantitative estimate of drug-likeness (QED) is 0.153. The van der Waals surface area contributed by atoms with Gasteiger partial charge in [0, 0.05) is 43.8 Å². The van der Waals surface area contributed by atoms with Crippen molar-refractivity contribution in [3.63, 3.8) is 0 Å². The highest BCUT2D eigenvalue weighted by molar-refractivity contribution is 6.13. The van der Waals surface area contributed by atoms with Crippen LogP contribution in [0.2, 0.25) is 0 Å². The zero-order chi connectivity index (χ0) is 48.8. The lowest BCUT2D eigenvalue weighted by atomic mass is 9.91. The summed E-state index contributed by atoms with van der Waals surface area (Å²) in [7, 11) is 0. The van der Waals surface area contributed by atoms with Gasteiger partial charge in [0.05, 0.1) is 56.2 Å². The molecule has 0 aliphatic rings. The van der Waals surface area contributed by atoms with Crippen molar-refractivity contribution in [2.45, 2.75) is 40.0 Å². The van der Waals surface area contributed by atoms with Crippen LogP contribution in [0.15, 0.2) is 140 Å². The molecule has 0 aliphatic heterocycles. The number of aryl methyl sites for hydroxylation is 4. The van der Waals surface area contributed by atoms with Gasteiger partial charge in [-0.05, 0) is 130 Å². The molecule has 11 rings (SSSR count). The van der Waals surface area contributed by atoms with Crippen molar-refractivity contribution in [2.24, 2.45) is 0 Å². The lowest BCUT2D eigenvalue weighted by molar-refractivity contribution is -0.143. The summed E-state index contributed by atoms with van der Waals surface area (Å²) in [6.45, 7) is 7.18. The van der Waals surface area contributed by atoms with Gasteiger partial charge in [-0.25, -0.2) is 29.9 Å². The number of para-hydroxylation sites is 2. The van der Waals surface area contributed by atoms with Gasteiger partial charge in [0.25, 0.3) is 0 Å². The van der Waals surface area contributed by atoms with E-state index in [1.165, 1.54) is 6.07 Å². The minimum atomic E-state index is -5.09. The summed E-state index contributed by atoms with van der Waals surface area (Å²) >= 11 is 0. The van der Waals surface area contributed by atoms with E-state index in [2.05, 4.69) is 36.0 Å². The van der Waals surface area contributed by atoms with Crippen LogP contribution in [-0.4, -0.2) is 39.0 Å². The molecule has 0 bridgehead atoms. The highest BCUT2D eigenvalue weighted by Crippen LogP contribution is 2.46. The van der Waals surface area contributed by atoms with Crippen molar-refractivity contribution in [3.05, 3.63) is 180 Å². The Hall–Kier alpha value is -8.77. The minimum absolute atomic E-state index is 0.0625. The average Bonchev–Trinajstić information content (AvgIpc) is 3.84. The Balaban J connectivity index is 1.23. The van der Waals surface area contributed by atoms with Crippen molar-refractivity contribution in [2.75, 3.05) is 0 Å². The van der Waals surface area contributed by atoms with Gasteiger partial charge in [-0.3, -0.25) is 0 Å². The van der Waals surface area contributed by atoms with Crippen LogP contribution in [0.5, 0.6) is 0 Å². The zero-order valence-corrected chi connectivity index (χ0v) is 37.6. The van der Waals surface area contributed by atoms with Crippen LogP contribution in [0.4, 0.5) is 26.3 Å². The maximum Gasteiger partial charge on any atom is 0.416 e. The first-order valence-corrected chi connectivity index (χ1v) is 22.0. The number of alkyl halides is 6. The monoisotopic (exact) mass is 935 g/mol. The van der Waals surface area contributed by atoms with Crippen molar-refractivity contribution < 1.29 is 26.3 Å². The first-order valence-electron chi connectivity index (χ1n) is 22.0. The Morgan fingerprint density at radius 3 is 1.36 bits per heavy atom. The zero-order valence-electron chi connectivity index (χ0n) is 37.6. The van der Waals surface area contributed by atoms with Gasteiger partial charge in [-0.15, -0.1) is 0 Å². The van der Waals surface area contributed by atoms with E-state index in [4.69, 9.17) is 0 Å². The largest absolute Gasteiger partial charge is 0.416 e. The van der Waals surface area contributed by atoms with Gasteiger partial charge in [-0.1, -0.05) is 48.5 Å². The molecular weight excluding hydrogens is 901 g/mol. The molecule has 0 N–H and O–H groups in total. The van der Waals surface area contributed by atoms with Gasteiger partial charge < -0.3 is 9.13 Å². The molecule has 342 valence electrons.